The molecule has 2 fully saturated rings. The fraction of sp³-hybridized carbons (Fsp3) is 0.643. The van der Waals surface area contributed by atoms with Gasteiger partial charge in [-0.2, -0.15) is 0 Å². The number of rotatable bonds is 5. The van der Waals surface area contributed by atoms with Crippen molar-refractivity contribution in [3.63, 3.8) is 0 Å². The first-order valence-electron chi connectivity index (χ1n) is 7.42. The Hall–Kier alpha value is -0.670. The molecule has 0 aromatic carbocycles. The first kappa shape index (κ1) is 17.2. The van der Waals surface area contributed by atoms with E-state index in [2.05, 4.69) is 10.0 Å². The van der Waals surface area contributed by atoms with Crippen molar-refractivity contribution in [2.75, 3.05) is 14.2 Å². The molecule has 0 aliphatic heterocycles. The van der Waals surface area contributed by atoms with Crippen molar-refractivity contribution in [1.82, 2.24) is 10.0 Å². The Kier molecular flexibility index (Phi) is 4.72. The van der Waals surface area contributed by atoms with Gasteiger partial charge in [-0.05, 0) is 44.2 Å². The molecule has 4 unspecified atom stereocenters. The minimum atomic E-state index is -3.71. The van der Waals surface area contributed by atoms with Crippen molar-refractivity contribution in [3.05, 3.63) is 15.3 Å². The number of amides is 1. The van der Waals surface area contributed by atoms with Crippen LogP contribution in [0.1, 0.15) is 28.9 Å². The Morgan fingerprint density at radius 2 is 2.09 bits per heavy atom. The van der Waals surface area contributed by atoms with Crippen LogP contribution in [0.4, 0.5) is 0 Å². The zero-order chi connectivity index (χ0) is 16.8. The average molecular weight is 379 g/mol. The lowest BCUT2D eigenvalue weighted by Crippen LogP contribution is -2.41. The summed E-state index contributed by atoms with van der Waals surface area (Å²) in [5.74, 6) is 0.499. The lowest BCUT2D eigenvalue weighted by atomic mass is 9.93. The van der Waals surface area contributed by atoms with Gasteiger partial charge in [0.25, 0.3) is 5.91 Å². The summed E-state index contributed by atoms with van der Waals surface area (Å²) in [6, 6.07) is 1.39. The summed E-state index contributed by atoms with van der Waals surface area (Å²) in [6.07, 6.45) is 3.15. The van der Waals surface area contributed by atoms with Crippen molar-refractivity contribution in [1.29, 1.82) is 0 Å². The molecule has 0 radical (unpaired) electrons. The topological polar surface area (TPSA) is 84.5 Å². The molecule has 0 saturated heterocycles. The van der Waals surface area contributed by atoms with E-state index in [0.717, 1.165) is 30.6 Å². The Labute approximate surface area is 144 Å². The number of carbonyl (C=O) groups excluding carboxylic acids is 1. The molecule has 9 heteroatoms. The molecule has 1 amide bonds. The number of halogens is 1. The summed E-state index contributed by atoms with van der Waals surface area (Å²) in [7, 11) is -0.682. The van der Waals surface area contributed by atoms with Gasteiger partial charge in [0.05, 0.1) is 10.4 Å². The highest BCUT2D eigenvalue weighted by Crippen LogP contribution is 2.46. The van der Waals surface area contributed by atoms with Gasteiger partial charge in [-0.15, -0.1) is 11.3 Å². The van der Waals surface area contributed by atoms with Crippen LogP contribution in [0.2, 0.25) is 4.34 Å². The maximum Gasteiger partial charge on any atom is 0.263 e. The molecule has 2 N–H and O–H groups in total. The minimum Gasteiger partial charge on any atom is -0.381 e. The van der Waals surface area contributed by atoms with E-state index in [1.165, 1.54) is 13.1 Å². The van der Waals surface area contributed by atoms with E-state index in [9.17, 15) is 13.2 Å². The molecule has 6 nitrogen and oxygen atoms in total. The van der Waals surface area contributed by atoms with Crippen LogP contribution >= 0.6 is 22.9 Å². The smallest absolute Gasteiger partial charge is 0.263 e. The highest BCUT2D eigenvalue weighted by molar-refractivity contribution is 7.89. The van der Waals surface area contributed by atoms with Crippen LogP contribution in [0.15, 0.2) is 11.0 Å². The normalized spacial score (nSPS) is 29.9. The monoisotopic (exact) mass is 378 g/mol. The van der Waals surface area contributed by atoms with E-state index < -0.39 is 10.0 Å². The number of nitrogens with one attached hydrogen (secondary N) is 2. The van der Waals surface area contributed by atoms with Gasteiger partial charge in [0.1, 0.15) is 9.77 Å². The van der Waals surface area contributed by atoms with Crippen LogP contribution in [0.3, 0.4) is 0 Å². The zero-order valence-corrected chi connectivity index (χ0v) is 15.2. The van der Waals surface area contributed by atoms with Crippen LogP contribution in [-0.2, 0) is 14.8 Å². The maximum atomic E-state index is 12.5. The summed E-state index contributed by atoms with van der Waals surface area (Å²) < 4.78 is 32.0. The predicted octanol–water partition coefficient (Wildman–Crippen LogP) is 1.85. The Morgan fingerprint density at radius 3 is 2.65 bits per heavy atom. The van der Waals surface area contributed by atoms with Crippen molar-refractivity contribution in [2.24, 2.45) is 11.8 Å². The van der Waals surface area contributed by atoms with Crippen LogP contribution in [0.5, 0.6) is 0 Å². The number of thiophene rings is 1. The standard InChI is InChI=1S/C14H19ClN2O4S2/c1-16-23(19,20)11-6-12(15)22-13(11)14(18)17-9-4-8-3-7(9)5-10(8)21-2/h6-10,16H,3-5H2,1-2H3,(H,17,18). The second-order valence-electron chi connectivity index (χ2n) is 6.03. The third-order valence-electron chi connectivity index (χ3n) is 4.84. The molecule has 4 atom stereocenters. The van der Waals surface area contributed by atoms with E-state index in [0.29, 0.717) is 11.8 Å². The Bertz CT molecular complexity index is 718. The van der Waals surface area contributed by atoms with E-state index in [-0.39, 0.29) is 32.2 Å². The Morgan fingerprint density at radius 1 is 1.35 bits per heavy atom. The lowest BCUT2D eigenvalue weighted by molar-refractivity contribution is 0.0489. The van der Waals surface area contributed by atoms with Gasteiger partial charge < -0.3 is 10.1 Å². The highest BCUT2D eigenvalue weighted by Gasteiger charge is 2.46. The molecular weight excluding hydrogens is 360 g/mol. The molecule has 1 aromatic heterocycles. The number of fused-ring (bicyclic) bond motifs is 2. The zero-order valence-electron chi connectivity index (χ0n) is 12.8. The summed E-state index contributed by atoms with van der Waals surface area (Å²) in [4.78, 5) is 12.6. The number of carbonyl (C=O) groups is 1. The third kappa shape index (κ3) is 3.15. The first-order chi connectivity index (χ1) is 10.9. The van der Waals surface area contributed by atoms with Crippen molar-refractivity contribution in [3.8, 4) is 0 Å². The average Bonchev–Trinajstić information content (AvgIpc) is 3.20. The fourth-order valence-electron chi connectivity index (χ4n) is 3.74. The van der Waals surface area contributed by atoms with Gasteiger partial charge >= 0.3 is 0 Å². The number of hydrogen-bond acceptors (Lipinski definition) is 5. The molecule has 2 aliphatic carbocycles. The lowest BCUT2D eigenvalue weighted by Gasteiger charge is -2.27. The Balaban J connectivity index is 1.76. The maximum absolute atomic E-state index is 12.5. The molecule has 128 valence electrons. The van der Waals surface area contributed by atoms with Crippen LogP contribution in [-0.4, -0.2) is 40.6 Å². The van der Waals surface area contributed by atoms with Crippen molar-refractivity contribution < 1.29 is 17.9 Å². The molecule has 0 spiro atoms. The predicted molar refractivity (Wildman–Crippen MR) is 88.5 cm³/mol. The van der Waals surface area contributed by atoms with Gasteiger partial charge in [-0.25, -0.2) is 13.1 Å². The molecule has 3 rings (SSSR count). The number of ether oxygens (including phenoxy) is 1. The molecule has 1 heterocycles. The fourth-order valence-corrected chi connectivity index (χ4v) is 6.18. The molecule has 2 bridgehead atoms. The third-order valence-corrected chi connectivity index (χ3v) is 7.67. The van der Waals surface area contributed by atoms with Crippen LogP contribution < -0.4 is 10.0 Å². The minimum absolute atomic E-state index is 0.0644. The second-order valence-corrected chi connectivity index (χ2v) is 9.57. The molecule has 2 aliphatic rings. The van der Waals surface area contributed by atoms with E-state index >= 15 is 0 Å². The number of sulfonamides is 1. The number of methoxy groups -OCH3 is 1. The van der Waals surface area contributed by atoms with E-state index in [4.69, 9.17) is 16.3 Å². The summed E-state index contributed by atoms with van der Waals surface area (Å²) >= 11 is 6.90. The first-order valence-corrected chi connectivity index (χ1v) is 10.1. The van der Waals surface area contributed by atoms with Crippen LogP contribution in [0, 0.1) is 11.8 Å². The van der Waals surface area contributed by atoms with Gasteiger partial charge in [0, 0.05) is 13.2 Å². The number of hydrogen-bond donors (Lipinski definition) is 2. The second kappa shape index (κ2) is 6.33. The van der Waals surface area contributed by atoms with Gasteiger partial charge in [0.2, 0.25) is 10.0 Å². The van der Waals surface area contributed by atoms with Gasteiger partial charge in [-0.3, -0.25) is 4.79 Å². The summed E-state index contributed by atoms with van der Waals surface area (Å²) in [5, 5.41) is 2.99. The van der Waals surface area contributed by atoms with Crippen molar-refractivity contribution >= 4 is 38.9 Å². The quantitative estimate of drug-likeness (QED) is 0.818. The summed E-state index contributed by atoms with van der Waals surface area (Å²) in [5.41, 5.74) is 0. The van der Waals surface area contributed by atoms with E-state index in [1.54, 1.807) is 7.11 Å². The van der Waals surface area contributed by atoms with Gasteiger partial charge in [-0.1, -0.05) is 11.6 Å². The molecule has 2 saturated carbocycles. The SMILES string of the molecule is CNS(=O)(=O)c1cc(Cl)sc1C(=O)NC1CC2CC1CC2OC. The highest BCUT2D eigenvalue weighted by atomic mass is 35.5. The van der Waals surface area contributed by atoms with Crippen LogP contribution in [0.25, 0.3) is 0 Å². The van der Waals surface area contributed by atoms with Gasteiger partial charge in [0.15, 0.2) is 0 Å². The van der Waals surface area contributed by atoms with Crippen molar-refractivity contribution in [2.45, 2.75) is 36.3 Å². The molecule has 1 aromatic rings. The largest absolute Gasteiger partial charge is 0.381 e. The molecule has 23 heavy (non-hydrogen) atoms. The molecular formula is C14H19ClN2O4S2. The van der Waals surface area contributed by atoms with E-state index in [1.807, 2.05) is 0 Å². The summed E-state index contributed by atoms with van der Waals surface area (Å²) in [6.45, 7) is 0.